The molecule has 3 aromatic rings. The lowest BCUT2D eigenvalue weighted by Crippen LogP contribution is -2.38. The Morgan fingerprint density at radius 2 is 1.48 bits per heavy atom. The van der Waals surface area contributed by atoms with E-state index in [0.717, 1.165) is 37.1 Å². The molecule has 1 heterocycles. The fraction of sp³-hybridized carbons (Fsp3) is 0.280. The van der Waals surface area contributed by atoms with E-state index in [1.807, 2.05) is 24.3 Å². The van der Waals surface area contributed by atoms with Crippen LogP contribution in [0.2, 0.25) is 0 Å². The van der Waals surface area contributed by atoms with Gasteiger partial charge in [0.15, 0.2) is 9.84 Å². The van der Waals surface area contributed by atoms with Crippen molar-refractivity contribution in [3.05, 3.63) is 100 Å². The topological polar surface area (TPSA) is 92.6 Å². The molecule has 0 bridgehead atoms. The molecule has 33 heavy (non-hydrogen) atoms. The van der Waals surface area contributed by atoms with Crippen LogP contribution >= 0.6 is 0 Å². The van der Waals surface area contributed by atoms with E-state index in [2.05, 4.69) is 10.2 Å². The maximum absolute atomic E-state index is 12.9. The summed E-state index contributed by atoms with van der Waals surface area (Å²) in [5, 5.41) is 14.6. The van der Waals surface area contributed by atoms with Crippen molar-refractivity contribution in [1.29, 1.82) is 0 Å². The Bertz CT molecular complexity index is 1210. The molecule has 8 heteroatoms. The molecule has 0 aliphatic carbocycles. The minimum absolute atomic E-state index is 0.0249. The Balaban J connectivity index is 1.38. The van der Waals surface area contributed by atoms with E-state index in [9.17, 15) is 18.5 Å². The number of hydrogen-bond donors (Lipinski definition) is 1. The Labute approximate surface area is 194 Å². The molecule has 1 aliphatic heterocycles. The summed E-state index contributed by atoms with van der Waals surface area (Å²) in [7, 11) is -3.41. The normalized spacial score (nSPS) is 15.3. The number of benzene rings is 3. The SMILES string of the molecule is O=[N+]([O-])c1ccccc1NC1CCN(Cc2ccccc2CS(=O)(=O)c2ccccc2)CC1. The van der Waals surface area contributed by atoms with E-state index in [-0.39, 0.29) is 22.4 Å². The molecule has 7 nitrogen and oxygen atoms in total. The number of sulfone groups is 1. The van der Waals surface area contributed by atoms with Gasteiger partial charge in [-0.15, -0.1) is 0 Å². The quantitative estimate of drug-likeness (QED) is 0.385. The summed E-state index contributed by atoms with van der Waals surface area (Å²) in [5.41, 5.74) is 2.48. The molecule has 0 amide bonds. The van der Waals surface area contributed by atoms with Crippen LogP contribution in [0, 0.1) is 10.1 Å². The standard InChI is InChI=1S/C25H27N3O4S/c29-28(30)25-13-7-6-12-24(25)26-22-14-16-27(17-15-22)18-20-8-4-5-9-21(20)19-33(31,32)23-10-2-1-3-11-23/h1-13,22,26H,14-19H2. The number of anilines is 1. The molecule has 0 unspecified atom stereocenters. The second-order valence-electron chi connectivity index (χ2n) is 8.31. The van der Waals surface area contributed by atoms with Gasteiger partial charge in [0.25, 0.3) is 5.69 Å². The summed E-state index contributed by atoms with van der Waals surface area (Å²) in [6.07, 6.45) is 1.72. The highest BCUT2D eigenvalue weighted by atomic mass is 32.2. The van der Waals surface area contributed by atoms with Gasteiger partial charge in [-0.2, -0.15) is 0 Å². The smallest absolute Gasteiger partial charge is 0.292 e. The molecule has 0 atom stereocenters. The van der Waals surface area contributed by atoms with Crippen molar-refractivity contribution >= 4 is 21.2 Å². The molecule has 1 aliphatic rings. The summed E-state index contributed by atoms with van der Waals surface area (Å²) >= 11 is 0. The van der Waals surface area contributed by atoms with E-state index in [1.54, 1.807) is 48.5 Å². The van der Waals surface area contributed by atoms with E-state index >= 15 is 0 Å². The van der Waals surface area contributed by atoms with Crippen molar-refractivity contribution in [2.24, 2.45) is 0 Å². The van der Waals surface area contributed by atoms with E-state index in [1.165, 1.54) is 6.07 Å². The van der Waals surface area contributed by atoms with Crippen molar-refractivity contribution in [1.82, 2.24) is 4.90 Å². The van der Waals surface area contributed by atoms with Crippen molar-refractivity contribution in [3.63, 3.8) is 0 Å². The predicted molar refractivity (Wildman–Crippen MR) is 129 cm³/mol. The maximum Gasteiger partial charge on any atom is 0.292 e. The zero-order valence-electron chi connectivity index (χ0n) is 18.3. The van der Waals surface area contributed by atoms with Gasteiger partial charge in [0.05, 0.1) is 15.6 Å². The summed E-state index contributed by atoms with van der Waals surface area (Å²) in [6, 6.07) is 23.1. The molecule has 0 spiro atoms. The van der Waals surface area contributed by atoms with Crippen molar-refractivity contribution in [3.8, 4) is 0 Å². The lowest BCUT2D eigenvalue weighted by Gasteiger charge is -2.33. The number of nitrogens with zero attached hydrogens (tertiary/aromatic N) is 2. The third kappa shape index (κ3) is 5.77. The van der Waals surface area contributed by atoms with Crippen molar-refractivity contribution in [2.45, 2.75) is 36.1 Å². The Morgan fingerprint density at radius 3 is 2.18 bits per heavy atom. The van der Waals surface area contributed by atoms with Gasteiger partial charge < -0.3 is 5.32 Å². The minimum Gasteiger partial charge on any atom is -0.377 e. The molecular formula is C25H27N3O4S. The minimum atomic E-state index is -3.41. The third-order valence-corrected chi connectivity index (χ3v) is 7.69. The van der Waals surface area contributed by atoms with Crippen LogP contribution < -0.4 is 5.32 Å². The summed E-state index contributed by atoms with van der Waals surface area (Å²) < 4.78 is 25.7. The van der Waals surface area contributed by atoms with E-state index < -0.39 is 9.84 Å². The first-order valence-corrected chi connectivity index (χ1v) is 12.6. The molecular weight excluding hydrogens is 438 g/mol. The monoisotopic (exact) mass is 465 g/mol. The Morgan fingerprint density at radius 1 is 0.879 bits per heavy atom. The van der Waals surface area contributed by atoms with Crippen LogP contribution in [0.3, 0.4) is 0 Å². The zero-order chi connectivity index (χ0) is 23.3. The number of rotatable bonds is 8. The maximum atomic E-state index is 12.9. The van der Waals surface area contributed by atoms with Gasteiger partial charge in [-0.1, -0.05) is 54.6 Å². The van der Waals surface area contributed by atoms with Gasteiger partial charge in [0.1, 0.15) is 5.69 Å². The van der Waals surface area contributed by atoms with Gasteiger partial charge in [-0.05, 0) is 42.2 Å². The number of nitro benzene ring substituents is 1. The van der Waals surface area contributed by atoms with Crippen molar-refractivity contribution < 1.29 is 13.3 Å². The number of para-hydroxylation sites is 2. The molecule has 1 N–H and O–H groups in total. The van der Waals surface area contributed by atoms with Crippen LogP contribution in [0.5, 0.6) is 0 Å². The second-order valence-corrected chi connectivity index (χ2v) is 10.3. The highest BCUT2D eigenvalue weighted by Crippen LogP contribution is 2.27. The van der Waals surface area contributed by atoms with Crippen LogP contribution in [0.1, 0.15) is 24.0 Å². The second kappa shape index (κ2) is 10.1. The Hall–Kier alpha value is -3.23. The highest BCUT2D eigenvalue weighted by Gasteiger charge is 2.23. The van der Waals surface area contributed by atoms with Crippen LogP contribution in [0.15, 0.2) is 83.8 Å². The average Bonchev–Trinajstić information content (AvgIpc) is 2.82. The summed E-state index contributed by atoms with van der Waals surface area (Å²) in [4.78, 5) is 13.5. The first kappa shape index (κ1) is 22.9. The van der Waals surface area contributed by atoms with Gasteiger partial charge in [-0.3, -0.25) is 15.0 Å². The van der Waals surface area contributed by atoms with Gasteiger partial charge in [0, 0.05) is 31.7 Å². The van der Waals surface area contributed by atoms with Gasteiger partial charge in [0.2, 0.25) is 0 Å². The largest absolute Gasteiger partial charge is 0.377 e. The van der Waals surface area contributed by atoms with E-state index in [4.69, 9.17) is 0 Å². The molecule has 3 aromatic carbocycles. The first-order chi connectivity index (χ1) is 15.9. The first-order valence-electron chi connectivity index (χ1n) is 11.0. The third-order valence-electron chi connectivity index (χ3n) is 6.01. The fourth-order valence-electron chi connectivity index (χ4n) is 4.22. The number of likely N-dealkylation sites (tertiary alicyclic amines) is 1. The van der Waals surface area contributed by atoms with Crippen LogP contribution in [0.4, 0.5) is 11.4 Å². The van der Waals surface area contributed by atoms with Crippen LogP contribution in [0.25, 0.3) is 0 Å². The molecule has 0 aromatic heterocycles. The van der Waals surface area contributed by atoms with Gasteiger partial charge in [-0.25, -0.2) is 8.42 Å². The lowest BCUT2D eigenvalue weighted by atomic mass is 10.0. The molecule has 1 saturated heterocycles. The average molecular weight is 466 g/mol. The number of nitrogens with one attached hydrogen (secondary N) is 1. The fourth-order valence-corrected chi connectivity index (χ4v) is 5.65. The number of nitro groups is 1. The predicted octanol–water partition coefficient (Wildman–Crippen LogP) is 4.65. The Kier molecular flexibility index (Phi) is 7.05. The number of piperidine rings is 1. The van der Waals surface area contributed by atoms with Crippen LogP contribution in [-0.4, -0.2) is 37.4 Å². The van der Waals surface area contributed by atoms with E-state index in [0.29, 0.717) is 17.1 Å². The molecule has 4 rings (SSSR count). The molecule has 1 fully saturated rings. The molecule has 0 saturated carbocycles. The van der Waals surface area contributed by atoms with Crippen molar-refractivity contribution in [2.75, 3.05) is 18.4 Å². The molecule has 172 valence electrons. The summed E-state index contributed by atoms with van der Waals surface area (Å²) in [5.74, 6) is -0.0249. The lowest BCUT2D eigenvalue weighted by molar-refractivity contribution is -0.384. The molecule has 0 radical (unpaired) electrons. The highest BCUT2D eigenvalue weighted by molar-refractivity contribution is 7.90. The number of hydrogen-bond acceptors (Lipinski definition) is 6. The van der Waals surface area contributed by atoms with Gasteiger partial charge >= 0.3 is 0 Å². The van der Waals surface area contributed by atoms with Crippen LogP contribution in [-0.2, 0) is 22.1 Å². The summed E-state index contributed by atoms with van der Waals surface area (Å²) in [6.45, 7) is 2.34. The zero-order valence-corrected chi connectivity index (χ0v) is 19.1.